The molecule has 46 heavy (non-hydrogen) atoms. The van der Waals surface area contributed by atoms with Gasteiger partial charge in [-0.05, 0) is 49.4 Å². The molecule has 5 rings (SSSR count). The molecule has 240 valence electrons. The van der Waals surface area contributed by atoms with E-state index in [9.17, 15) is 14.7 Å². The molecule has 1 N–H and O–H groups in total. The van der Waals surface area contributed by atoms with Gasteiger partial charge in [0.1, 0.15) is 11.6 Å². The van der Waals surface area contributed by atoms with Crippen LogP contribution >= 0.6 is 0 Å². The number of ether oxygens (including phenoxy) is 1. The Hall–Kier alpha value is -4.46. The first kappa shape index (κ1) is 32.9. The third kappa shape index (κ3) is 8.83. The zero-order chi connectivity index (χ0) is 32.5. The second-order valence-electron chi connectivity index (χ2n) is 13.0. The normalized spacial score (nSPS) is 16.7. The van der Waals surface area contributed by atoms with Crippen molar-refractivity contribution in [3.8, 4) is 0 Å². The Labute approximate surface area is 273 Å². The highest BCUT2D eigenvalue weighted by Gasteiger charge is 2.47. The standard InChI is InChI=1S/C39H45N3O4/c1-39(2,3)46-38(45)42-25-24-40(27-31-18-10-5-11-19-31)37(44)35(42)36(43)34(26-30-16-8-4-9-17-30)41(28-32-20-12-6-13-21-32)29-33-22-14-7-15-23-33/h4-23,34-36,43H,24-29H2,1-3H3/t34-,35-,36-/m0/s1. The molecule has 1 aliphatic rings. The maximum atomic E-state index is 14.4. The fourth-order valence-electron chi connectivity index (χ4n) is 6.07. The molecule has 0 aliphatic carbocycles. The van der Waals surface area contributed by atoms with E-state index in [1.54, 1.807) is 4.90 Å². The van der Waals surface area contributed by atoms with Crippen molar-refractivity contribution in [2.45, 2.75) is 70.6 Å². The Balaban J connectivity index is 1.55. The molecule has 0 bridgehead atoms. The molecule has 0 spiro atoms. The van der Waals surface area contributed by atoms with E-state index in [2.05, 4.69) is 29.2 Å². The summed E-state index contributed by atoms with van der Waals surface area (Å²) in [5.41, 5.74) is 3.45. The van der Waals surface area contributed by atoms with E-state index in [1.807, 2.05) is 118 Å². The summed E-state index contributed by atoms with van der Waals surface area (Å²) in [6.45, 7) is 7.52. The van der Waals surface area contributed by atoms with Crippen LogP contribution in [0.25, 0.3) is 0 Å². The molecule has 0 aromatic heterocycles. The smallest absolute Gasteiger partial charge is 0.411 e. The SMILES string of the molecule is CC(C)(C)OC(=O)N1CCN(Cc2ccccc2)C(=O)[C@@H]1[C@@H](O)[C@H](Cc1ccccc1)N(Cc1ccccc1)Cc1ccccc1. The van der Waals surface area contributed by atoms with E-state index in [-0.39, 0.29) is 12.5 Å². The number of carbonyl (C=O) groups excluding carboxylic acids is 2. The number of amides is 2. The molecule has 1 aliphatic heterocycles. The lowest BCUT2D eigenvalue weighted by atomic mass is 9.91. The Morgan fingerprint density at radius 1 is 0.761 bits per heavy atom. The van der Waals surface area contributed by atoms with Crippen LogP contribution in [0.5, 0.6) is 0 Å². The summed E-state index contributed by atoms with van der Waals surface area (Å²) in [5.74, 6) is -0.286. The van der Waals surface area contributed by atoms with Gasteiger partial charge >= 0.3 is 6.09 Å². The fraction of sp³-hybridized carbons (Fsp3) is 0.333. The van der Waals surface area contributed by atoms with Gasteiger partial charge in [-0.3, -0.25) is 14.6 Å². The number of hydrogen-bond donors (Lipinski definition) is 1. The number of benzene rings is 4. The number of nitrogens with zero attached hydrogens (tertiary/aromatic N) is 3. The van der Waals surface area contributed by atoms with Gasteiger partial charge in [0.25, 0.3) is 0 Å². The summed E-state index contributed by atoms with van der Waals surface area (Å²) in [7, 11) is 0. The first-order valence-corrected chi connectivity index (χ1v) is 16.0. The van der Waals surface area contributed by atoms with Crippen LogP contribution in [0.2, 0.25) is 0 Å². The van der Waals surface area contributed by atoms with Gasteiger partial charge in [0.05, 0.1) is 6.10 Å². The summed E-state index contributed by atoms with van der Waals surface area (Å²) in [6.07, 6.45) is -1.33. The first-order valence-electron chi connectivity index (χ1n) is 16.0. The molecule has 3 atom stereocenters. The Morgan fingerprint density at radius 3 is 1.70 bits per heavy atom. The Morgan fingerprint density at radius 2 is 1.22 bits per heavy atom. The van der Waals surface area contributed by atoms with Crippen LogP contribution < -0.4 is 0 Å². The molecule has 0 unspecified atom stereocenters. The number of aliphatic hydroxyl groups is 1. The highest BCUT2D eigenvalue weighted by atomic mass is 16.6. The molecule has 0 radical (unpaired) electrons. The van der Waals surface area contributed by atoms with Gasteiger partial charge < -0.3 is 14.7 Å². The molecule has 2 amide bonds. The molecule has 0 saturated carbocycles. The maximum Gasteiger partial charge on any atom is 0.411 e. The van der Waals surface area contributed by atoms with Crippen molar-refractivity contribution in [2.75, 3.05) is 13.1 Å². The number of hydrogen-bond acceptors (Lipinski definition) is 5. The molecule has 1 heterocycles. The monoisotopic (exact) mass is 619 g/mol. The second kappa shape index (κ2) is 15.2. The van der Waals surface area contributed by atoms with Gasteiger partial charge in [0.15, 0.2) is 0 Å². The number of rotatable bonds is 11. The molecule has 7 heteroatoms. The van der Waals surface area contributed by atoms with E-state index >= 15 is 0 Å². The Kier molecular flexibility index (Phi) is 10.9. The minimum absolute atomic E-state index is 0.255. The average Bonchev–Trinajstić information content (AvgIpc) is 3.05. The molecular formula is C39H45N3O4. The number of carbonyl (C=O) groups is 2. The minimum atomic E-state index is -1.22. The van der Waals surface area contributed by atoms with Crippen molar-refractivity contribution in [3.63, 3.8) is 0 Å². The van der Waals surface area contributed by atoms with E-state index in [1.165, 1.54) is 4.90 Å². The van der Waals surface area contributed by atoms with Crippen molar-refractivity contribution in [3.05, 3.63) is 144 Å². The van der Waals surface area contributed by atoms with Crippen LogP contribution in [0.3, 0.4) is 0 Å². The minimum Gasteiger partial charge on any atom is -0.444 e. The summed E-state index contributed by atoms with van der Waals surface area (Å²) < 4.78 is 5.80. The van der Waals surface area contributed by atoms with Gasteiger partial charge in [-0.25, -0.2) is 4.79 Å². The number of aliphatic hydroxyl groups excluding tert-OH is 1. The van der Waals surface area contributed by atoms with Crippen molar-refractivity contribution >= 4 is 12.0 Å². The summed E-state index contributed by atoms with van der Waals surface area (Å²) in [4.78, 5) is 33.6. The van der Waals surface area contributed by atoms with Gasteiger partial charge in [-0.2, -0.15) is 0 Å². The molecule has 7 nitrogen and oxygen atoms in total. The summed E-state index contributed by atoms with van der Waals surface area (Å²) in [5, 5.41) is 12.6. The van der Waals surface area contributed by atoms with E-state index in [0.29, 0.717) is 32.6 Å². The zero-order valence-corrected chi connectivity index (χ0v) is 27.0. The van der Waals surface area contributed by atoms with E-state index in [0.717, 1.165) is 22.3 Å². The number of piperazine rings is 1. The molecular weight excluding hydrogens is 574 g/mol. The molecule has 1 fully saturated rings. The van der Waals surface area contributed by atoms with Gasteiger partial charge in [0, 0.05) is 38.8 Å². The summed E-state index contributed by atoms with van der Waals surface area (Å²) >= 11 is 0. The lowest BCUT2D eigenvalue weighted by molar-refractivity contribution is -0.150. The molecule has 4 aromatic rings. The van der Waals surface area contributed by atoms with Gasteiger partial charge in [0.2, 0.25) is 5.91 Å². The fourth-order valence-corrected chi connectivity index (χ4v) is 6.07. The highest BCUT2D eigenvalue weighted by Crippen LogP contribution is 2.27. The molecule has 1 saturated heterocycles. The quantitative estimate of drug-likeness (QED) is 0.213. The second-order valence-corrected chi connectivity index (χ2v) is 13.0. The molecule has 4 aromatic carbocycles. The van der Waals surface area contributed by atoms with Crippen LogP contribution in [0.1, 0.15) is 43.0 Å². The summed E-state index contributed by atoms with van der Waals surface area (Å²) in [6, 6.07) is 38.5. The van der Waals surface area contributed by atoms with Crippen LogP contribution in [-0.4, -0.2) is 68.7 Å². The van der Waals surface area contributed by atoms with Crippen molar-refractivity contribution < 1.29 is 19.4 Å². The topological polar surface area (TPSA) is 73.3 Å². The van der Waals surface area contributed by atoms with Crippen molar-refractivity contribution in [1.82, 2.24) is 14.7 Å². The maximum absolute atomic E-state index is 14.4. The van der Waals surface area contributed by atoms with Crippen LogP contribution in [0.15, 0.2) is 121 Å². The van der Waals surface area contributed by atoms with Crippen molar-refractivity contribution in [1.29, 1.82) is 0 Å². The van der Waals surface area contributed by atoms with Crippen LogP contribution in [0, 0.1) is 0 Å². The highest BCUT2D eigenvalue weighted by molar-refractivity contribution is 5.87. The van der Waals surface area contributed by atoms with E-state index < -0.39 is 29.9 Å². The van der Waals surface area contributed by atoms with Crippen molar-refractivity contribution in [2.24, 2.45) is 0 Å². The lowest BCUT2D eigenvalue weighted by Gasteiger charge is -2.46. The van der Waals surface area contributed by atoms with Gasteiger partial charge in [-0.1, -0.05) is 121 Å². The van der Waals surface area contributed by atoms with E-state index in [4.69, 9.17) is 4.74 Å². The Bertz CT molecular complexity index is 1490. The largest absolute Gasteiger partial charge is 0.444 e. The average molecular weight is 620 g/mol. The predicted octanol–water partition coefficient (Wildman–Crippen LogP) is 6.31. The third-order valence-corrected chi connectivity index (χ3v) is 8.29. The first-order chi connectivity index (χ1) is 22.2. The zero-order valence-electron chi connectivity index (χ0n) is 27.0. The van der Waals surface area contributed by atoms with Crippen LogP contribution in [0.4, 0.5) is 4.79 Å². The van der Waals surface area contributed by atoms with Crippen LogP contribution in [-0.2, 0) is 35.6 Å². The third-order valence-electron chi connectivity index (χ3n) is 8.29. The van der Waals surface area contributed by atoms with Gasteiger partial charge in [-0.15, -0.1) is 0 Å². The lowest BCUT2D eigenvalue weighted by Crippen LogP contribution is -2.66. The predicted molar refractivity (Wildman–Crippen MR) is 181 cm³/mol.